The number of rotatable bonds is 6. The number of likely N-dealkylation sites (N-methyl/N-ethyl adjacent to an activating group) is 1. The van der Waals surface area contributed by atoms with E-state index in [4.69, 9.17) is 0 Å². The molecule has 0 aromatic heterocycles. The fraction of sp³-hybridized carbons (Fsp3) is 0.846. The SMILES string of the molecule is CCNC(=O)CNC(=O)CC(C)C1CCCNC1.Cl. The molecule has 2 atom stereocenters. The lowest BCUT2D eigenvalue weighted by atomic mass is 9.85. The lowest BCUT2D eigenvalue weighted by Gasteiger charge is -2.27. The number of carbonyl (C=O) groups excluding carboxylic acids is 2. The number of amides is 2. The molecule has 1 saturated heterocycles. The Kier molecular flexibility index (Phi) is 9.61. The fourth-order valence-corrected chi connectivity index (χ4v) is 2.33. The van der Waals surface area contributed by atoms with E-state index in [0.29, 0.717) is 24.8 Å². The zero-order valence-corrected chi connectivity index (χ0v) is 12.6. The molecule has 0 spiro atoms. The monoisotopic (exact) mass is 291 g/mol. The van der Waals surface area contributed by atoms with Crippen LogP contribution in [0, 0.1) is 11.8 Å². The van der Waals surface area contributed by atoms with Gasteiger partial charge in [0.25, 0.3) is 0 Å². The first kappa shape index (κ1) is 18.2. The Bertz CT molecular complexity index is 281. The number of hydrogen-bond acceptors (Lipinski definition) is 3. The number of nitrogens with one attached hydrogen (secondary N) is 3. The van der Waals surface area contributed by atoms with Gasteiger partial charge in [0.1, 0.15) is 0 Å². The lowest BCUT2D eigenvalue weighted by molar-refractivity contribution is -0.126. The van der Waals surface area contributed by atoms with Gasteiger partial charge in [0.2, 0.25) is 11.8 Å². The van der Waals surface area contributed by atoms with Crippen LogP contribution >= 0.6 is 12.4 Å². The van der Waals surface area contributed by atoms with Crippen LogP contribution < -0.4 is 16.0 Å². The molecule has 112 valence electrons. The molecule has 1 aliphatic rings. The highest BCUT2D eigenvalue weighted by Gasteiger charge is 2.21. The summed E-state index contributed by atoms with van der Waals surface area (Å²) in [5, 5.41) is 8.68. The second kappa shape index (κ2) is 10.0. The van der Waals surface area contributed by atoms with E-state index in [1.807, 2.05) is 6.92 Å². The zero-order chi connectivity index (χ0) is 13.4. The summed E-state index contributed by atoms with van der Waals surface area (Å²) < 4.78 is 0. The first-order valence-corrected chi connectivity index (χ1v) is 6.87. The minimum Gasteiger partial charge on any atom is -0.355 e. The van der Waals surface area contributed by atoms with Crippen LogP contribution in [0.5, 0.6) is 0 Å². The van der Waals surface area contributed by atoms with Crippen molar-refractivity contribution in [2.24, 2.45) is 11.8 Å². The van der Waals surface area contributed by atoms with Gasteiger partial charge in [-0.1, -0.05) is 6.92 Å². The summed E-state index contributed by atoms with van der Waals surface area (Å²) in [6.45, 7) is 6.75. The summed E-state index contributed by atoms with van der Waals surface area (Å²) in [4.78, 5) is 22.9. The number of halogens is 1. The van der Waals surface area contributed by atoms with Gasteiger partial charge < -0.3 is 16.0 Å². The van der Waals surface area contributed by atoms with E-state index in [1.165, 1.54) is 12.8 Å². The van der Waals surface area contributed by atoms with Crippen LogP contribution in [0.1, 0.15) is 33.1 Å². The summed E-state index contributed by atoms with van der Waals surface area (Å²) in [6, 6.07) is 0. The quantitative estimate of drug-likeness (QED) is 0.674. The van der Waals surface area contributed by atoms with E-state index in [9.17, 15) is 9.59 Å². The maximum absolute atomic E-state index is 11.7. The Hall–Kier alpha value is -0.810. The van der Waals surface area contributed by atoms with Gasteiger partial charge in [-0.25, -0.2) is 0 Å². The summed E-state index contributed by atoms with van der Waals surface area (Å²) in [5.74, 6) is 0.790. The summed E-state index contributed by atoms with van der Waals surface area (Å²) >= 11 is 0. The number of piperidine rings is 1. The summed E-state index contributed by atoms with van der Waals surface area (Å²) in [6.07, 6.45) is 2.89. The standard InChI is InChI=1S/C13H25N3O2.ClH/c1-3-15-13(18)9-16-12(17)7-10(2)11-5-4-6-14-8-11;/h10-11,14H,3-9H2,1-2H3,(H,15,18)(H,16,17);1H. The average molecular weight is 292 g/mol. The van der Waals surface area contributed by atoms with Crippen molar-refractivity contribution < 1.29 is 9.59 Å². The molecule has 0 aromatic carbocycles. The van der Waals surface area contributed by atoms with Crippen LogP contribution in [0.3, 0.4) is 0 Å². The van der Waals surface area contributed by atoms with E-state index in [0.717, 1.165) is 13.1 Å². The van der Waals surface area contributed by atoms with E-state index in [2.05, 4.69) is 22.9 Å². The lowest BCUT2D eigenvalue weighted by Crippen LogP contribution is -2.39. The molecule has 0 radical (unpaired) electrons. The van der Waals surface area contributed by atoms with Crippen molar-refractivity contribution in [2.75, 3.05) is 26.2 Å². The number of hydrogen-bond donors (Lipinski definition) is 3. The van der Waals surface area contributed by atoms with Gasteiger partial charge in [-0.05, 0) is 44.7 Å². The van der Waals surface area contributed by atoms with E-state index >= 15 is 0 Å². The van der Waals surface area contributed by atoms with Crippen LogP contribution in [0.2, 0.25) is 0 Å². The topological polar surface area (TPSA) is 70.2 Å². The van der Waals surface area contributed by atoms with Gasteiger partial charge in [-0.3, -0.25) is 9.59 Å². The smallest absolute Gasteiger partial charge is 0.239 e. The molecule has 2 amide bonds. The molecule has 1 heterocycles. The second-order valence-electron chi connectivity index (χ2n) is 5.02. The first-order valence-electron chi connectivity index (χ1n) is 6.87. The molecule has 3 N–H and O–H groups in total. The van der Waals surface area contributed by atoms with Gasteiger partial charge in [0.15, 0.2) is 0 Å². The zero-order valence-electron chi connectivity index (χ0n) is 11.8. The van der Waals surface area contributed by atoms with Gasteiger partial charge >= 0.3 is 0 Å². The highest BCUT2D eigenvalue weighted by atomic mass is 35.5. The van der Waals surface area contributed by atoms with Gasteiger partial charge in [0.05, 0.1) is 6.54 Å². The Morgan fingerprint density at radius 1 is 1.32 bits per heavy atom. The average Bonchev–Trinajstić information content (AvgIpc) is 2.38. The normalized spacial score (nSPS) is 20.0. The Morgan fingerprint density at radius 2 is 2.05 bits per heavy atom. The van der Waals surface area contributed by atoms with E-state index in [1.54, 1.807) is 0 Å². The second-order valence-corrected chi connectivity index (χ2v) is 5.02. The van der Waals surface area contributed by atoms with Gasteiger partial charge in [-0.2, -0.15) is 0 Å². The summed E-state index contributed by atoms with van der Waals surface area (Å²) in [7, 11) is 0. The van der Waals surface area contributed by atoms with Gasteiger partial charge in [-0.15, -0.1) is 12.4 Å². The molecule has 6 heteroatoms. The highest BCUT2D eigenvalue weighted by molar-refractivity contribution is 5.85. The van der Waals surface area contributed by atoms with Crippen molar-refractivity contribution in [1.29, 1.82) is 0 Å². The van der Waals surface area contributed by atoms with Crippen molar-refractivity contribution in [2.45, 2.75) is 33.1 Å². The third-order valence-corrected chi connectivity index (χ3v) is 3.47. The van der Waals surface area contributed by atoms with Crippen LogP contribution in [0.25, 0.3) is 0 Å². The van der Waals surface area contributed by atoms with Crippen LogP contribution in [0.15, 0.2) is 0 Å². The minimum absolute atomic E-state index is 0. The van der Waals surface area contributed by atoms with Crippen molar-refractivity contribution in [3.05, 3.63) is 0 Å². The van der Waals surface area contributed by atoms with E-state index < -0.39 is 0 Å². The van der Waals surface area contributed by atoms with Gasteiger partial charge in [0, 0.05) is 13.0 Å². The molecule has 2 unspecified atom stereocenters. The Labute approximate surface area is 121 Å². The van der Waals surface area contributed by atoms with Crippen molar-refractivity contribution in [1.82, 2.24) is 16.0 Å². The third-order valence-electron chi connectivity index (χ3n) is 3.47. The highest BCUT2D eigenvalue weighted by Crippen LogP contribution is 2.22. The molecule has 1 fully saturated rings. The van der Waals surface area contributed by atoms with Crippen molar-refractivity contribution >= 4 is 24.2 Å². The predicted octanol–water partition coefficient (Wildman–Crippen LogP) is 0.686. The van der Waals surface area contributed by atoms with Crippen LogP contribution in [-0.2, 0) is 9.59 Å². The van der Waals surface area contributed by atoms with Crippen LogP contribution in [0.4, 0.5) is 0 Å². The Balaban J connectivity index is 0.00000324. The van der Waals surface area contributed by atoms with Crippen molar-refractivity contribution in [3.63, 3.8) is 0 Å². The number of carbonyl (C=O) groups is 2. The third kappa shape index (κ3) is 7.38. The maximum Gasteiger partial charge on any atom is 0.239 e. The van der Waals surface area contributed by atoms with Crippen LogP contribution in [-0.4, -0.2) is 38.0 Å². The maximum atomic E-state index is 11.7. The predicted molar refractivity (Wildman–Crippen MR) is 78.3 cm³/mol. The molecule has 1 rings (SSSR count). The van der Waals surface area contributed by atoms with Crippen molar-refractivity contribution in [3.8, 4) is 0 Å². The summed E-state index contributed by atoms with van der Waals surface area (Å²) in [5.41, 5.74) is 0. The molecule has 0 aliphatic carbocycles. The molecular formula is C13H26ClN3O2. The minimum atomic E-state index is -0.127. The van der Waals surface area contributed by atoms with E-state index in [-0.39, 0.29) is 30.8 Å². The molecule has 19 heavy (non-hydrogen) atoms. The largest absolute Gasteiger partial charge is 0.355 e. The molecular weight excluding hydrogens is 266 g/mol. The Morgan fingerprint density at radius 3 is 2.63 bits per heavy atom. The molecule has 1 aliphatic heterocycles. The molecule has 0 bridgehead atoms. The molecule has 0 saturated carbocycles. The molecule has 5 nitrogen and oxygen atoms in total. The molecule has 0 aromatic rings. The fourth-order valence-electron chi connectivity index (χ4n) is 2.33. The first-order chi connectivity index (χ1) is 8.63.